The predicted molar refractivity (Wildman–Crippen MR) is 89.4 cm³/mol. The Balaban J connectivity index is 2.93. The summed E-state index contributed by atoms with van der Waals surface area (Å²) >= 11 is 0. The lowest BCUT2D eigenvalue weighted by Gasteiger charge is -2.28. The Morgan fingerprint density at radius 3 is 2.78 bits per heavy atom. The number of carboxylic acids is 1. The summed E-state index contributed by atoms with van der Waals surface area (Å²) in [5.41, 5.74) is 1.09. The van der Waals surface area contributed by atoms with Gasteiger partial charge in [-0.25, -0.2) is 4.79 Å². The summed E-state index contributed by atoms with van der Waals surface area (Å²) in [5.74, 6) is -0.976. The highest BCUT2D eigenvalue weighted by Gasteiger charge is 2.26. The third kappa shape index (κ3) is 8.11. The van der Waals surface area contributed by atoms with Crippen LogP contribution in [-0.2, 0) is 19.0 Å². The van der Waals surface area contributed by atoms with Crippen molar-refractivity contribution in [2.45, 2.75) is 38.9 Å². The van der Waals surface area contributed by atoms with E-state index in [9.17, 15) is 4.79 Å². The number of methoxy groups -OCH3 is 1. The summed E-state index contributed by atoms with van der Waals surface area (Å²) in [7, 11) is 1.61. The van der Waals surface area contributed by atoms with Gasteiger partial charge in [-0.3, -0.25) is 0 Å². The van der Waals surface area contributed by atoms with E-state index in [1.165, 1.54) is 0 Å². The maximum absolute atomic E-state index is 10.8. The fraction of sp³-hybridized carbons (Fsp3) is 0.611. The number of aliphatic carboxylic acids is 1. The molecule has 3 atom stereocenters. The van der Waals surface area contributed by atoms with E-state index >= 15 is 0 Å². The molecule has 1 aliphatic rings. The average Bonchev–Trinajstić information content (AvgIpc) is 2.50. The topological polar surface area (TPSA) is 65.0 Å². The number of carboxylic acid groups (broad SMARTS) is 1. The fourth-order valence-corrected chi connectivity index (χ4v) is 2.52. The van der Waals surface area contributed by atoms with E-state index in [1.807, 2.05) is 32.1 Å². The van der Waals surface area contributed by atoms with Crippen LogP contribution in [0.3, 0.4) is 0 Å². The Hall–Kier alpha value is -1.43. The first kappa shape index (κ1) is 19.6. The Bertz CT molecular complexity index is 439. The minimum atomic E-state index is -0.982. The van der Waals surface area contributed by atoms with Gasteiger partial charge in [0.2, 0.25) is 0 Å². The van der Waals surface area contributed by atoms with Gasteiger partial charge in [-0.2, -0.15) is 0 Å². The maximum atomic E-state index is 10.8. The van der Waals surface area contributed by atoms with Crippen LogP contribution in [0.5, 0.6) is 0 Å². The van der Waals surface area contributed by atoms with Crippen LogP contribution in [0.15, 0.2) is 36.0 Å². The van der Waals surface area contributed by atoms with Crippen molar-refractivity contribution in [3.63, 3.8) is 0 Å². The van der Waals surface area contributed by atoms with E-state index in [-0.39, 0.29) is 24.7 Å². The number of rotatable bonds is 4. The van der Waals surface area contributed by atoms with Gasteiger partial charge in [0.05, 0.1) is 19.3 Å². The van der Waals surface area contributed by atoms with Crippen LogP contribution < -0.4 is 0 Å². The van der Waals surface area contributed by atoms with Crippen LogP contribution in [0, 0.1) is 5.92 Å². The molecule has 5 heteroatoms. The molecule has 0 spiro atoms. The van der Waals surface area contributed by atoms with Crippen LogP contribution in [0.1, 0.15) is 26.7 Å². The molecule has 1 rings (SSSR count). The standard InChI is InChI=1S/C18H28O5/c1-14-11-15(2)18(23-13-17(19)20)16(21-3)9-7-5-4-6-8-10-22-12-14/h6-9,11,15-16,18H,4-5,10,12-13H2,1-3H3,(H,19,20)/b8-6+,9-7+,14-11-/t15-,16+,18+/m1/s1. The first-order chi connectivity index (χ1) is 11.0. The lowest BCUT2D eigenvalue weighted by atomic mass is 9.96. The molecular formula is C18H28O5. The maximum Gasteiger partial charge on any atom is 0.329 e. The number of allylic oxidation sites excluding steroid dienone is 2. The van der Waals surface area contributed by atoms with E-state index in [2.05, 4.69) is 12.2 Å². The normalized spacial score (nSPS) is 32.3. The Morgan fingerprint density at radius 2 is 2.09 bits per heavy atom. The molecule has 23 heavy (non-hydrogen) atoms. The van der Waals surface area contributed by atoms with Gasteiger partial charge in [0.15, 0.2) is 0 Å². The van der Waals surface area contributed by atoms with Gasteiger partial charge in [0, 0.05) is 13.0 Å². The van der Waals surface area contributed by atoms with Crippen molar-refractivity contribution < 1.29 is 24.1 Å². The zero-order valence-electron chi connectivity index (χ0n) is 14.2. The molecule has 130 valence electrons. The first-order valence-corrected chi connectivity index (χ1v) is 7.97. The lowest BCUT2D eigenvalue weighted by Crippen LogP contribution is -2.36. The molecule has 1 aliphatic heterocycles. The Kier molecular flexibility index (Phi) is 9.52. The van der Waals surface area contributed by atoms with Crippen LogP contribution in [0.25, 0.3) is 0 Å². The van der Waals surface area contributed by atoms with Gasteiger partial charge in [-0.15, -0.1) is 0 Å². The van der Waals surface area contributed by atoms with Crippen LogP contribution in [0.2, 0.25) is 0 Å². The zero-order chi connectivity index (χ0) is 17.1. The van der Waals surface area contributed by atoms with Gasteiger partial charge in [-0.1, -0.05) is 42.9 Å². The molecular weight excluding hydrogens is 296 g/mol. The fourth-order valence-electron chi connectivity index (χ4n) is 2.52. The highest BCUT2D eigenvalue weighted by molar-refractivity contribution is 5.68. The highest BCUT2D eigenvalue weighted by Crippen LogP contribution is 2.19. The number of hydrogen-bond acceptors (Lipinski definition) is 4. The van der Waals surface area contributed by atoms with E-state index in [1.54, 1.807) is 7.11 Å². The van der Waals surface area contributed by atoms with E-state index < -0.39 is 5.97 Å². The van der Waals surface area contributed by atoms with Crippen molar-refractivity contribution >= 4 is 5.97 Å². The molecule has 0 saturated carbocycles. The molecule has 1 N–H and O–H groups in total. The van der Waals surface area contributed by atoms with Gasteiger partial charge in [0.1, 0.15) is 12.7 Å². The average molecular weight is 324 g/mol. The molecule has 0 saturated heterocycles. The molecule has 0 fully saturated rings. The summed E-state index contributed by atoms with van der Waals surface area (Å²) in [6.07, 6.45) is 11.4. The lowest BCUT2D eigenvalue weighted by molar-refractivity contribution is -0.148. The van der Waals surface area contributed by atoms with Crippen molar-refractivity contribution in [2.75, 3.05) is 26.9 Å². The highest BCUT2D eigenvalue weighted by atomic mass is 16.5. The molecule has 5 nitrogen and oxygen atoms in total. The zero-order valence-corrected chi connectivity index (χ0v) is 14.2. The summed E-state index contributed by atoms with van der Waals surface area (Å²) in [6.45, 7) is 4.81. The van der Waals surface area contributed by atoms with Gasteiger partial charge < -0.3 is 19.3 Å². The number of carbonyl (C=O) groups is 1. The molecule has 0 aliphatic carbocycles. The summed E-state index contributed by atoms with van der Waals surface area (Å²) in [4.78, 5) is 10.8. The molecule has 0 unspecified atom stereocenters. The Labute approximate surface area is 138 Å². The molecule has 0 aromatic rings. The SMILES string of the molecule is CO[C@H]1/C=C/CC/C=C/COC/C(C)=C\[C@@H](C)[C@@H]1OCC(=O)O. The van der Waals surface area contributed by atoms with Gasteiger partial charge in [0.25, 0.3) is 0 Å². The molecule has 0 radical (unpaired) electrons. The summed E-state index contributed by atoms with van der Waals surface area (Å²) in [5, 5.41) is 8.89. The molecule has 1 heterocycles. The quantitative estimate of drug-likeness (QED) is 0.805. The first-order valence-electron chi connectivity index (χ1n) is 7.97. The van der Waals surface area contributed by atoms with Gasteiger partial charge >= 0.3 is 5.97 Å². The van der Waals surface area contributed by atoms with E-state index in [4.69, 9.17) is 19.3 Å². The van der Waals surface area contributed by atoms with E-state index in [0.717, 1.165) is 18.4 Å². The second-order valence-electron chi connectivity index (χ2n) is 5.73. The predicted octanol–water partition coefficient (Wildman–Crippen LogP) is 2.98. The molecule has 0 bridgehead atoms. The minimum Gasteiger partial charge on any atom is -0.480 e. The Morgan fingerprint density at radius 1 is 1.35 bits per heavy atom. The van der Waals surface area contributed by atoms with Crippen molar-refractivity contribution in [1.82, 2.24) is 0 Å². The minimum absolute atomic E-state index is 0.00559. The van der Waals surface area contributed by atoms with Crippen molar-refractivity contribution in [2.24, 2.45) is 5.92 Å². The van der Waals surface area contributed by atoms with Crippen molar-refractivity contribution in [3.8, 4) is 0 Å². The number of hydrogen-bond donors (Lipinski definition) is 1. The summed E-state index contributed by atoms with van der Waals surface area (Å²) < 4.78 is 16.7. The molecule has 0 amide bonds. The smallest absolute Gasteiger partial charge is 0.329 e. The van der Waals surface area contributed by atoms with Crippen LogP contribution >= 0.6 is 0 Å². The monoisotopic (exact) mass is 324 g/mol. The largest absolute Gasteiger partial charge is 0.480 e. The summed E-state index contributed by atoms with van der Waals surface area (Å²) in [6, 6.07) is 0. The second kappa shape index (κ2) is 11.2. The third-order valence-electron chi connectivity index (χ3n) is 3.60. The number of ether oxygens (including phenoxy) is 3. The van der Waals surface area contributed by atoms with Crippen LogP contribution in [0.4, 0.5) is 0 Å². The molecule has 0 aromatic carbocycles. The van der Waals surface area contributed by atoms with Gasteiger partial charge in [-0.05, 0) is 19.8 Å². The van der Waals surface area contributed by atoms with Crippen LogP contribution in [-0.4, -0.2) is 50.2 Å². The molecule has 0 aromatic heterocycles. The van der Waals surface area contributed by atoms with E-state index in [0.29, 0.717) is 13.2 Å². The van der Waals surface area contributed by atoms with Crippen molar-refractivity contribution in [3.05, 3.63) is 36.0 Å². The third-order valence-corrected chi connectivity index (χ3v) is 3.60. The van der Waals surface area contributed by atoms with Crippen molar-refractivity contribution in [1.29, 1.82) is 0 Å². The second-order valence-corrected chi connectivity index (χ2v) is 5.73.